The molecule has 1 aliphatic heterocycles. The van der Waals surface area contributed by atoms with Crippen molar-refractivity contribution in [1.82, 2.24) is 0 Å². The zero-order valence-electron chi connectivity index (χ0n) is 11.0. The third kappa shape index (κ3) is 3.01. The molecule has 1 aliphatic rings. The van der Waals surface area contributed by atoms with Crippen LogP contribution in [-0.2, 0) is 4.79 Å². The smallest absolute Gasteiger partial charge is 0.328 e. The maximum Gasteiger partial charge on any atom is 0.328 e. The molecule has 7 heteroatoms. The Kier molecular flexibility index (Phi) is 4.50. The predicted molar refractivity (Wildman–Crippen MR) is 69.0 cm³/mol. The van der Waals surface area contributed by atoms with Crippen LogP contribution in [0.2, 0.25) is 0 Å². The molecule has 0 amide bonds. The van der Waals surface area contributed by atoms with Crippen molar-refractivity contribution in [3.8, 4) is 0 Å². The van der Waals surface area contributed by atoms with Crippen molar-refractivity contribution in [2.75, 3.05) is 18.0 Å². The Bertz CT molecular complexity index is 566. The zero-order valence-corrected chi connectivity index (χ0v) is 11.0. The Morgan fingerprint density at radius 2 is 1.48 bits per heavy atom. The normalized spacial score (nSPS) is 15.7. The third-order valence-electron chi connectivity index (χ3n) is 3.34. The van der Waals surface area contributed by atoms with Crippen molar-refractivity contribution >= 4 is 17.7 Å². The Balaban J connectivity index is 2.52. The molecule has 0 bridgehead atoms. The van der Waals surface area contributed by atoms with Gasteiger partial charge in [0.2, 0.25) is 0 Å². The van der Waals surface area contributed by atoms with Crippen LogP contribution >= 0.6 is 0 Å². The monoisotopic (exact) mass is 303 g/mol. The lowest BCUT2D eigenvalue weighted by Crippen LogP contribution is -2.31. The van der Waals surface area contributed by atoms with Crippen LogP contribution in [0.5, 0.6) is 0 Å². The van der Waals surface area contributed by atoms with Gasteiger partial charge in [0, 0.05) is 19.2 Å². The van der Waals surface area contributed by atoms with Crippen LogP contribution in [0.1, 0.15) is 24.8 Å². The molecule has 0 radical (unpaired) electrons. The fourth-order valence-electron chi connectivity index (χ4n) is 2.33. The van der Waals surface area contributed by atoms with Gasteiger partial charge < -0.3 is 10.0 Å². The van der Waals surface area contributed by atoms with E-state index in [0.29, 0.717) is 38.1 Å². The van der Waals surface area contributed by atoms with Gasteiger partial charge in [-0.15, -0.1) is 0 Å². The van der Waals surface area contributed by atoms with Crippen LogP contribution in [0.25, 0.3) is 6.08 Å². The first-order valence-corrected chi connectivity index (χ1v) is 6.45. The van der Waals surface area contributed by atoms with Crippen LogP contribution < -0.4 is 4.90 Å². The van der Waals surface area contributed by atoms with Gasteiger partial charge in [0.05, 0.1) is 5.56 Å². The third-order valence-corrected chi connectivity index (χ3v) is 3.34. The SMILES string of the molecule is O=C(O)/C=C/c1c(F)c(F)c(N2CCCCC2)c(F)c1F. The molecule has 0 spiro atoms. The van der Waals surface area contributed by atoms with Crippen molar-refractivity contribution in [2.24, 2.45) is 0 Å². The molecule has 0 atom stereocenters. The second-order valence-corrected chi connectivity index (χ2v) is 4.74. The highest BCUT2D eigenvalue weighted by Gasteiger charge is 2.28. The average Bonchev–Trinajstić information content (AvgIpc) is 2.46. The molecule has 21 heavy (non-hydrogen) atoms. The summed E-state index contributed by atoms with van der Waals surface area (Å²) in [6, 6.07) is 0. The van der Waals surface area contributed by atoms with Gasteiger partial charge in [-0.2, -0.15) is 0 Å². The first-order valence-electron chi connectivity index (χ1n) is 6.45. The lowest BCUT2D eigenvalue weighted by molar-refractivity contribution is -0.131. The summed E-state index contributed by atoms with van der Waals surface area (Å²) in [6.45, 7) is 0.633. The lowest BCUT2D eigenvalue weighted by atomic mass is 10.1. The molecule has 0 unspecified atom stereocenters. The second kappa shape index (κ2) is 6.15. The summed E-state index contributed by atoms with van der Waals surface area (Å²) in [7, 11) is 0. The van der Waals surface area contributed by atoms with Gasteiger partial charge in [-0.25, -0.2) is 22.4 Å². The second-order valence-electron chi connectivity index (χ2n) is 4.74. The first kappa shape index (κ1) is 15.3. The van der Waals surface area contributed by atoms with E-state index in [0.717, 1.165) is 6.42 Å². The molecule has 1 aromatic carbocycles. The Morgan fingerprint density at radius 1 is 0.952 bits per heavy atom. The minimum atomic E-state index is -1.59. The molecular formula is C14H13F4NO2. The number of carboxylic acids is 1. The summed E-state index contributed by atoms with van der Waals surface area (Å²) in [6.07, 6.45) is 3.18. The summed E-state index contributed by atoms with van der Waals surface area (Å²) in [4.78, 5) is 11.6. The Morgan fingerprint density at radius 3 is 1.95 bits per heavy atom. The average molecular weight is 303 g/mol. The van der Waals surface area contributed by atoms with Gasteiger partial charge in [-0.3, -0.25) is 0 Å². The number of carboxylic acid groups (broad SMARTS) is 1. The molecule has 0 aliphatic carbocycles. The fourth-order valence-corrected chi connectivity index (χ4v) is 2.33. The van der Waals surface area contributed by atoms with Gasteiger partial charge in [-0.1, -0.05) is 0 Å². The van der Waals surface area contributed by atoms with Crippen molar-refractivity contribution in [1.29, 1.82) is 0 Å². The molecule has 1 aromatic rings. The number of nitrogens with zero attached hydrogens (tertiary/aromatic N) is 1. The number of piperidine rings is 1. The van der Waals surface area contributed by atoms with Crippen molar-refractivity contribution in [3.63, 3.8) is 0 Å². The molecule has 1 fully saturated rings. The van der Waals surface area contributed by atoms with Crippen molar-refractivity contribution in [3.05, 3.63) is 34.9 Å². The standard InChI is InChI=1S/C14H13F4NO2/c15-10-8(4-5-9(20)21)11(16)13(18)14(12(10)17)19-6-2-1-3-7-19/h4-5H,1-3,6-7H2,(H,20,21)/b5-4+. The van der Waals surface area contributed by atoms with E-state index in [2.05, 4.69) is 0 Å². The molecule has 3 nitrogen and oxygen atoms in total. The number of carbonyl (C=O) groups is 1. The van der Waals surface area contributed by atoms with Crippen LogP contribution in [0.4, 0.5) is 23.2 Å². The highest BCUT2D eigenvalue weighted by atomic mass is 19.2. The summed E-state index contributed by atoms with van der Waals surface area (Å²) >= 11 is 0. The van der Waals surface area contributed by atoms with Gasteiger partial charge in [0.1, 0.15) is 5.69 Å². The van der Waals surface area contributed by atoms with Crippen LogP contribution in [-0.4, -0.2) is 24.2 Å². The van der Waals surface area contributed by atoms with E-state index in [-0.39, 0.29) is 0 Å². The van der Waals surface area contributed by atoms with E-state index in [4.69, 9.17) is 5.11 Å². The number of rotatable bonds is 3. The number of halogens is 4. The Hall–Kier alpha value is -2.05. The topological polar surface area (TPSA) is 40.5 Å². The van der Waals surface area contributed by atoms with E-state index in [1.807, 2.05) is 0 Å². The number of aliphatic carboxylic acids is 1. The van der Waals surface area contributed by atoms with Crippen LogP contribution in [0, 0.1) is 23.3 Å². The molecular weight excluding hydrogens is 290 g/mol. The van der Waals surface area contributed by atoms with Gasteiger partial charge in [-0.05, 0) is 25.3 Å². The van der Waals surface area contributed by atoms with E-state index in [1.54, 1.807) is 0 Å². The Labute approximate surface area is 118 Å². The first-order chi connectivity index (χ1) is 9.93. The van der Waals surface area contributed by atoms with E-state index in [1.165, 1.54) is 4.90 Å². The zero-order chi connectivity index (χ0) is 15.6. The van der Waals surface area contributed by atoms with Gasteiger partial charge in [0.25, 0.3) is 0 Å². The maximum atomic E-state index is 14.0. The summed E-state index contributed by atoms with van der Waals surface area (Å²) in [5.41, 5.74) is -1.76. The number of benzene rings is 1. The molecule has 114 valence electrons. The lowest BCUT2D eigenvalue weighted by Gasteiger charge is -2.29. The summed E-state index contributed by atoms with van der Waals surface area (Å²) in [5, 5.41) is 8.43. The number of anilines is 1. The molecule has 1 N–H and O–H groups in total. The molecule has 0 aromatic heterocycles. The quantitative estimate of drug-likeness (QED) is 0.529. The molecule has 1 heterocycles. The van der Waals surface area contributed by atoms with Crippen molar-refractivity contribution in [2.45, 2.75) is 19.3 Å². The van der Waals surface area contributed by atoms with E-state index < -0.39 is 40.5 Å². The number of hydrogen-bond acceptors (Lipinski definition) is 2. The van der Waals surface area contributed by atoms with Crippen molar-refractivity contribution < 1.29 is 27.5 Å². The van der Waals surface area contributed by atoms with Crippen LogP contribution in [0.15, 0.2) is 6.08 Å². The fraction of sp³-hybridized carbons (Fsp3) is 0.357. The highest BCUT2D eigenvalue weighted by molar-refractivity contribution is 5.85. The molecule has 0 saturated carbocycles. The summed E-state index contributed by atoms with van der Waals surface area (Å²) < 4.78 is 55.7. The van der Waals surface area contributed by atoms with Gasteiger partial charge >= 0.3 is 5.97 Å². The number of hydrogen-bond donors (Lipinski definition) is 1. The van der Waals surface area contributed by atoms with Crippen LogP contribution in [0.3, 0.4) is 0 Å². The minimum Gasteiger partial charge on any atom is -0.478 e. The van der Waals surface area contributed by atoms with E-state index in [9.17, 15) is 22.4 Å². The maximum absolute atomic E-state index is 14.0. The summed E-state index contributed by atoms with van der Waals surface area (Å²) in [5.74, 6) is -7.66. The predicted octanol–water partition coefficient (Wildman–Crippen LogP) is 3.33. The molecule has 2 rings (SSSR count). The van der Waals surface area contributed by atoms with Gasteiger partial charge in [0.15, 0.2) is 23.3 Å². The van der Waals surface area contributed by atoms with E-state index >= 15 is 0 Å². The molecule has 1 saturated heterocycles. The highest BCUT2D eigenvalue weighted by Crippen LogP contribution is 2.33. The minimum absolute atomic E-state index is 0.316. The largest absolute Gasteiger partial charge is 0.478 e.